The molecule has 0 saturated carbocycles. The quantitative estimate of drug-likeness (QED) is 0.323. The fourth-order valence-corrected chi connectivity index (χ4v) is 4.64. The van der Waals surface area contributed by atoms with E-state index in [4.69, 9.17) is 18.9 Å². The number of urea groups is 2. The number of imide groups is 2. The number of ether oxygens (including phenoxy) is 4. The molecule has 7 amide bonds. The van der Waals surface area contributed by atoms with Gasteiger partial charge in [0, 0.05) is 6.92 Å². The van der Waals surface area contributed by atoms with Crippen LogP contribution in [-0.2, 0) is 41.8 Å². The molecule has 2 aromatic rings. The third kappa shape index (κ3) is 14.4. The van der Waals surface area contributed by atoms with E-state index in [1.165, 1.54) is 11.8 Å². The molecule has 2 heterocycles. The Labute approximate surface area is 314 Å². The first kappa shape index (κ1) is 42.7. The molecule has 54 heavy (non-hydrogen) atoms. The molecular weight excluding hydrogens is 702 g/mol. The van der Waals surface area contributed by atoms with Crippen LogP contribution in [0.3, 0.4) is 0 Å². The summed E-state index contributed by atoms with van der Waals surface area (Å²) >= 11 is 0. The van der Waals surface area contributed by atoms with Crippen molar-refractivity contribution in [2.45, 2.75) is 79.8 Å². The van der Waals surface area contributed by atoms with E-state index < -0.39 is 35.3 Å². The zero-order chi connectivity index (χ0) is 40.1. The van der Waals surface area contributed by atoms with Crippen molar-refractivity contribution in [3.63, 3.8) is 0 Å². The standard InChI is InChI=1S/C23H32N4O7.C14H17N3O3/c1-16(28)27(21(31)34-23(5,6)7)25-13-18(15-32-14-17-11-9-8-10-12-17)24-26(19(25)29)20(30)33-22(2,3)4;1-11(18)7-17-8-13(15-16-14(17)19)10-20-9-12-5-3-2-4-6-12/h8-12H,13-15H2,1-7H3;2-6H,7-10H2,1H3,(H,16,19). The highest BCUT2D eigenvalue weighted by molar-refractivity contribution is 6.03. The van der Waals surface area contributed by atoms with Crippen LogP contribution in [0.1, 0.15) is 66.5 Å². The zero-order valence-corrected chi connectivity index (χ0v) is 32.0. The summed E-state index contributed by atoms with van der Waals surface area (Å²) in [5.74, 6) is -0.843. The number of nitrogens with one attached hydrogen (secondary N) is 1. The minimum absolute atomic E-state index is 0.0633. The summed E-state index contributed by atoms with van der Waals surface area (Å²) in [6, 6.07) is 17.8. The molecule has 0 aromatic heterocycles. The lowest BCUT2D eigenvalue weighted by Gasteiger charge is -2.37. The van der Waals surface area contributed by atoms with Gasteiger partial charge in [0.05, 0.1) is 57.5 Å². The van der Waals surface area contributed by atoms with E-state index in [1.54, 1.807) is 41.5 Å². The van der Waals surface area contributed by atoms with Gasteiger partial charge in [0.1, 0.15) is 17.0 Å². The second kappa shape index (κ2) is 19.4. The number of amides is 7. The summed E-state index contributed by atoms with van der Waals surface area (Å²) in [7, 11) is 0. The Morgan fingerprint density at radius 2 is 1.26 bits per heavy atom. The first-order valence-corrected chi connectivity index (χ1v) is 17.1. The van der Waals surface area contributed by atoms with Crippen LogP contribution in [0.15, 0.2) is 70.9 Å². The summed E-state index contributed by atoms with van der Waals surface area (Å²) in [6.07, 6.45) is -2.13. The zero-order valence-electron chi connectivity index (χ0n) is 32.0. The average molecular weight is 752 g/mol. The Kier molecular flexibility index (Phi) is 15.4. The molecule has 2 aliphatic heterocycles. The number of benzene rings is 2. The molecule has 1 N–H and O–H groups in total. The minimum atomic E-state index is -1.07. The Bertz CT molecular complexity index is 1700. The Hall–Kier alpha value is -5.68. The molecule has 17 nitrogen and oxygen atoms in total. The molecule has 292 valence electrons. The largest absolute Gasteiger partial charge is 0.442 e. The molecular formula is C37H49N7O10. The van der Waals surface area contributed by atoms with E-state index in [1.807, 2.05) is 60.7 Å². The maximum Gasteiger partial charge on any atom is 0.439 e. The van der Waals surface area contributed by atoms with E-state index in [-0.39, 0.29) is 43.8 Å². The van der Waals surface area contributed by atoms with E-state index in [9.17, 15) is 28.8 Å². The maximum absolute atomic E-state index is 13.1. The topological polar surface area (TPSA) is 189 Å². The molecule has 2 aromatic carbocycles. The molecule has 0 radical (unpaired) electrons. The van der Waals surface area contributed by atoms with Crippen LogP contribution in [0.5, 0.6) is 0 Å². The first-order valence-electron chi connectivity index (χ1n) is 17.1. The second-order valence-corrected chi connectivity index (χ2v) is 14.2. The summed E-state index contributed by atoms with van der Waals surface area (Å²) in [5.41, 5.74) is 3.44. The van der Waals surface area contributed by atoms with Crippen LogP contribution in [0.2, 0.25) is 0 Å². The minimum Gasteiger partial charge on any atom is -0.442 e. The predicted molar refractivity (Wildman–Crippen MR) is 197 cm³/mol. The smallest absolute Gasteiger partial charge is 0.439 e. The summed E-state index contributed by atoms with van der Waals surface area (Å²) in [4.78, 5) is 74.9. The van der Waals surface area contributed by atoms with E-state index in [0.29, 0.717) is 35.5 Å². The van der Waals surface area contributed by atoms with Gasteiger partial charge in [-0.05, 0) is 59.6 Å². The normalized spacial score (nSPS) is 14.6. The molecule has 0 bridgehead atoms. The number of hydrogen-bond donors (Lipinski definition) is 1. The number of rotatable bonds is 11. The maximum atomic E-state index is 13.1. The predicted octanol–water partition coefficient (Wildman–Crippen LogP) is 5.10. The second-order valence-electron chi connectivity index (χ2n) is 14.2. The van der Waals surface area contributed by atoms with E-state index >= 15 is 0 Å². The molecule has 0 aliphatic carbocycles. The van der Waals surface area contributed by atoms with Crippen molar-refractivity contribution in [2.24, 2.45) is 10.2 Å². The average Bonchev–Trinajstić information content (AvgIpc) is 3.07. The van der Waals surface area contributed by atoms with Gasteiger partial charge in [-0.2, -0.15) is 10.2 Å². The van der Waals surface area contributed by atoms with Crippen molar-refractivity contribution < 1.29 is 47.7 Å². The lowest BCUT2D eigenvalue weighted by atomic mass is 10.2. The molecule has 0 atom stereocenters. The van der Waals surface area contributed by atoms with Crippen molar-refractivity contribution in [1.82, 2.24) is 25.4 Å². The highest BCUT2D eigenvalue weighted by atomic mass is 16.6. The number of hydrazine groups is 1. The fourth-order valence-electron chi connectivity index (χ4n) is 4.64. The van der Waals surface area contributed by atoms with Gasteiger partial charge in [-0.15, -0.1) is 10.0 Å². The highest BCUT2D eigenvalue weighted by Gasteiger charge is 2.42. The van der Waals surface area contributed by atoms with Crippen molar-refractivity contribution >= 4 is 47.4 Å². The van der Waals surface area contributed by atoms with Crippen LogP contribution < -0.4 is 5.43 Å². The van der Waals surface area contributed by atoms with Gasteiger partial charge in [-0.1, -0.05) is 60.7 Å². The number of carbonyl (C=O) groups is 6. The fraction of sp³-hybridized carbons (Fsp3) is 0.459. The number of carbonyl (C=O) groups excluding carboxylic acids is 6. The molecule has 0 saturated heterocycles. The molecule has 4 rings (SSSR count). The third-order valence-electron chi connectivity index (χ3n) is 6.79. The van der Waals surface area contributed by atoms with Crippen molar-refractivity contribution in [3.05, 3.63) is 71.8 Å². The van der Waals surface area contributed by atoms with Gasteiger partial charge in [-0.25, -0.2) is 29.6 Å². The Balaban J connectivity index is 0.000000331. The van der Waals surface area contributed by atoms with Crippen LogP contribution in [0, 0.1) is 0 Å². The van der Waals surface area contributed by atoms with Gasteiger partial charge in [0.25, 0.3) is 0 Å². The number of hydrazone groups is 2. The van der Waals surface area contributed by atoms with Crippen LogP contribution in [0.25, 0.3) is 0 Å². The summed E-state index contributed by atoms with van der Waals surface area (Å²) in [5, 5.41) is 9.80. The van der Waals surface area contributed by atoms with Gasteiger partial charge in [-0.3, -0.25) is 9.59 Å². The Morgan fingerprint density at radius 3 is 1.74 bits per heavy atom. The molecule has 17 heteroatoms. The van der Waals surface area contributed by atoms with Crippen LogP contribution >= 0.6 is 0 Å². The van der Waals surface area contributed by atoms with Crippen LogP contribution in [0.4, 0.5) is 19.2 Å². The third-order valence-corrected chi connectivity index (χ3v) is 6.79. The molecule has 2 aliphatic rings. The lowest BCUT2D eigenvalue weighted by molar-refractivity contribution is -0.140. The van der Waals surface area contributed by atoms with Crippen molar-refractivity contribution in [3.8, 4) is 0 Å². The number of hydrogen-bond acceptors (Lipinski definition) is 12. The number of Topliss-reactive ketones (excluding diaryl/α,β-unsaturated/α-hetero) is 1. The molecule has 0 fully saturated rings. The number of ketones is 1. The Morgan fingerprint density at radius 1 is 0.741 bits per heavy atom. The summed E-state index contributed by atoms with van der Waals surface area (Å²) in [6.45, 7) is 13.4. The molecule has 0 spiro atoms. The van der Waals surface area contributed by atoms with E-state index in [2.05, 4.69) is 15.6 Å². The monoisotopic (exact) mass is 751 g/mol. The number of nitrogens with zero attached hydrogens (tertiary/aromatic N) is 6. The SMILES string of the molecule is CC(=O)CN1CC(COCc2ccccc2)=NNC1=O.CC(=O)N(C(=O)OC(C)(C)C)N1CC(COCc2ccccc2)=NN(C(=O)OC(C)(C)C)C1=O. The van der Waals surface area contributed by atoms with Crippen LogP contribution in [-0.4, -0.2) is 111 Å². The van der Waals surface area contributed by atoms with Crippen molar-refractivity contribution in [1.29, 1.82) is 0 Å². The first-order chi connectivity index (χ1) is 25.3. The van der Waals surface area contributed by atoms with E-state index in [0.717, 1.165) is 23.1 Å². The van der Waals surface area contributed by atoms with Gasteiger partial charge >= 0.3 is 24.2 Å². The molecule has 0 unspecified atom stereocenters. The van der Waals surface area contributed by atoms with Gasteiger partial charge in [0.2, 0.25) is 5.91 Å². The lowest BCUT2D eigenvalue weighted by Crippen LogP contribution is -2.61. The summed E-state index contributed by atoms with van der Waals surface area (Å²) < 4.78 is 21.8. The van der Waals surface area contributed by atoms with Crippen molar-refractivity contribution in [2.75, 3.05) is 32.8 Å². The van der Waals surface area contributed by atoms with Gasteiger partial charge in [0.15, 0.2) is 0 Å². The van der Waals surface area contributed by atoms with Gasteiger partial charge < -0.3 is 23.8 Å². The highest BCUT2D eigenvalue weighted by Crippen LogP contribution is 2.19.